The molecule has 2 aromatic carbocycles. The van der Waals surface area contributed by atoms with Crippen molar-refractivity contribution in [2.24, 2.45) is 0 Å². The maximum atomic E-state index is 12.8. The molecule has 1 saturated heterocycles. The van der Waals surface area contributed by atoms with E-state index in [0.29, 0.717) is 32.1 Å². The van der Waals surface area contributed by atoms with Gasteiger partial charge in [-0.2, -0.15) is 0 Å². The minimum atomic E-state index is -0.246. The molecule has 0 unspecified atom stereocenters. The smallest absolute Gasteiger partial charge is 0.270 e. The lowest BCUT2D eigenvalue weighted by Gasteiger charge is -2.14. The van der Waals surface area contributed by atoms with Crippen molar-refractivity contribution in [1.29, 1.82) is 0 Å². The molecule has 1 amide bonds. The Morgan fingerprint density at radius 3 is 2.77 bits per heavy atom. The van der Waals surface area contributed by atoms with E-state index in [4.69, 9.17) is 40.2 Å². The van der Waals surface area contributed by atoms with Crippen LogP contribution in [-0.2, 0) is 4.79 Å². The van der Waals surface area contributed by atoms with E-state index < -0.39 is 0 Å². The molecule has 1 aliphatic rings. The van der Waals surface area contributed by atoms with Crippen molar-refractivity contribution in [2.45, 2.75) is 6.92 Å². The van der Waals surface area contributed by atoms with Crippen molar-refractivity contribution in [1.82, 2.24) is 0 Å². The van der Waals surface area contributed by atoms with Gasteiger partial charge in [0.2, 0.25) is 0 Å². The van der Waals surface area contributed by atoms with Crippen LogP contribution in [0.25, 0.3) is 6.08 Å². The van der Waals surface area contributed by atoms with Crippen molar-refractivity contribution in [3.8, 4) is 11.5 Å². The Labute approximate surface area is 170 Å². The van der Waals surface area contributed by atoms with Crippen molar-refractivity contribution < 1.29 is 14.6 Å². The lowest BCUT2D eigenvalue weighted by molar-refractivity contribution is -0.113. The van der Waals surface area contributed by atoms with Gasteiger partial charge in [-0.25, -0.2) is 0 Å². The average Bonchev–Trinajstić information content (AvgIpc) is 2.86. The van der Waals surface area contributed by atoms with E-state index in [2.05, 4.69) is 0 Å². The molecule has 0 spiro atoms. The Hall–Kier alpha value is -1.73. The summed E-state index contributed by atoms with van der Waals surface area (Å²) in [5.74, 6) is -0.113. The Morgan fingerprint density at radius 2 is 2.08 bits per heavy atom. The Morgan fingerprint density at radius 1 is 1.31 bits per heavy atom. The summed E-state index contributed by atoms with van der Waals surface area (Å²) < 4.78 is 5.78. The van der Waals surface area contributed by atoms with Gasteiger partial charge in [-0.1, -0.05) is 53.2 Å². The highest BCUT2D eigenvalue weighted by atomic mass is 35.5. The van der Waals surface area contributed by atoms with Crippen LogP contribution in [-0.4, -0.2) is 21.9 Å². The number of benzene rings is 2. The summed E-state index contributed by atoms with van der Waals surface area (Å²) in [6, 6.07) is 10.1. The van der Waals surface area contributed by atoms with Gasteiger partial charge in [-0.3, -0.25) is 9.69 Å². The second-order valence-corrected chi connectivity index (χ2v) is 7.80. The Kier molecular flexibility index (Phi) is 5.77. The number of ether oxygens (including phenoxy) is 1. The number of thiocarbonyl (C=S) groups is 1. The molecule has 26 heavy (non-hydrogen) atoms. The zero-order valence-corrected chi connectivity index (χ0v) is 16.7. The predicted molar refractivity (Wildman–Crippen MR) is 111 cm³/mol. The monoisotopic (exact) mass is 425 g/mol. The zero-order valence-electron chi connectivity index (χ0n) is 13.5. The average molecular weight is 426 g/mol. The van der Waals surface area contributed by atoms with Crippen molar-refractivity contribution in [3.63, 3.8) is 0 Å². The first-order valence-electron chi connectivity index (χ1n) is 7.59. The van der Waals surface area contributed by atoms with Crippen LogP contribution < -0.4 is 9.64 Å². The fraction of sp³-hybridized carbons (Fsp3) is 0.111. The van der Waals surface area contributed by atoms with Crippen LogP contribution in [0.2, 0.25) is 10.0 Å². The highest BCUT2D eigenvalue weighted by Gasteiger charge is 2.33. The molecule has 0 aliphatic carbocycles. The van der Waals surface area contributed by atoms with Gasteiger partial charge in [0.05, 0.1) is 22.2 Å². The van der Waals surface area contributed by atoms with Crippen LogP contribution in [0.5, 0.6) is 11.5 Å². The molecule has 0 saturated carbocycles. The number of carbonyl (C=O) groups is 1. The number of hydrogen-bond donors (Lipinski definition) is 1. The molecule has 0 radical (unpaired) electrons. The molecule has 0 aromatic heterocycles. The van der Waals surface area contributed by atoms with Gasteiger partial charge in [-0.15, -0.1) is 0 Å². The highest BCUT2D eigenvalue weighted by molar-refractivity contribution is 8.27. The quantitative estimate of drug-likeness (QED) is 0.517. The summed E-state index contributed by atoms with van der Waals surface area (Å²) >= 11 is 18.6. The van der Waals surface area contributed by atoms with Gasteiger partial charge >= 0.3 is 0 Å². The molecule has 1 fully saturated rings. The zero-order chi connectivity index (χ0) is 18.8. The van der Waals surface area contributed by atoms with Gasteiger partial charge in [0.15, 0.2) is 15.8 Å². The maximum absolute atomic E-state index is 12.8. The van der Waals surface area contributed by atoms with Crippen LogP contribution >= 0.6 is 47.2 Å². The second-order valence-electron chi connectivity index (χ2n) is 5.28. The molecule has 0 atom stereocenters. The van der Waals surface area contributed by atoms with E-state index in [-0.39, 0.29) is 22.4 Å². The van der Waals surface area contributed by atoms with Gasteiger partial charge in [0.25, 0.3) is 5.91 Å². The molecule has 3 rings (SSSR count). The largest absolute Gasteiger partial charge is 0.503 e. The molecule has 134 valence electrons. The minimum absolute atomic E-state index is 0.128. The number of thioether (sulfide) groups is 1. The van der Waals surface area contributed by atoms with E-state index in [9.17, 15) is 9.90 Å². The lowest BCUT2D eigenvalue weighted by Crippen LogP contribution is -2.27. The first-order valence-corrected chi connectivity index (χ1v) is 9.57. The minimum Gasteiger partial charge on any atom is -0.503 e. The van der Waals surface area contributed by atoms with Gasteiger partial charge in [-0.05, 0) is 48.9 Å². The number of phenols is 1. The van der Waals surface area contributed by atoms with Crippen molar-refractivity contribution >= 4 is 69.2 Å². The standard InChI is InChI=1S/C18H13Cl2NO3S2/c1-2-24-14-7-10(6-13(20)16(14)22)8-15-17(23)21(18(25)26-15)12-5-3-4-11(19)9-12/h3-9,22H,2H2,1H3/b15-8+. The molecule has 1 N–H and O–H groups in total. The number of amides is 1. The number of rotatable bonds is 4. The summed E-state index contributed by atoms with van der Waals surface area (Å²) in [7, 11) is 0. The highest BCUT2D eigenvalue weighted by Crippen LogP contribution is 2.39. The Balaban J connectivity index is 1.96. The summed E-state index contributed by atoms with van der Waals surface area (Å²) in [6.07, 6.45) is 1.66. The van der Waals surface area contributed by atoms with Crippen LogP contribution in [0, 0.1) is 0 Å². The number of phenolic OH excluding ortho intramolecular Hbond substituents is 1. The SMILES string of the molecule is CCOc1cc(/C=C2/SC(=S)N(c3cccc(Cl)c3)C2=O)cc(Cl)c1O. The predicted octanol–water partition coefficient (Wildman–Crippen LogP) is 5.50. The summed E-state index contributed by atoms with van der Waals surface area (Å²) in [5.41, 5.74) is 1.24. The molecule has 8 heteroatoms. The molecule has 2 aromatic rings. The molecule has 1 aliphatic heterocycles. The van der Waals surface area contributed by atoms with Crippen LogP contribution in [0.3, 0.4) is 0 Å². The number of carbonyl (C=O) groups excluding carboxylic acids is 1. The first-order chi connectivity index (χ1) is 12.4. The maximum Gasteiger partial charge on any atom is 0.270 e. The number of nitrogens with zero attached hydrogens (tertiary/aromatic N) is 1. The third-order valence-corrected chi connectivity index (χ3v) is 5.33. The van der Waals surface area contributed by atoms with Gasteiger partial charge in [0.1, 0.15) is 0 Å². The summed E-state index contributed by atoms with van der Waals surface area (Å²) in [5, 5.41) is 10.6. The van der Waals surface area contributed by atoms with E-state index in [1.54, 1.807) is 49.4 Å². The number of halogens is 2. The molecular formula is C18H13Cl2NO3S2. The summed E-state index contributed by atoms with van der Waals surface area (Å²) in [6.45, 7) is 2.18. The number of anilines is 1. The molecule has 4 nitrogen and oxygen atoms in total. The number of aromatic hydroxyl groups is 1. The van der Waals surface area contributed by atoms with Crippen LogP contribution in [0.4, 0.5) is 5.69 Å². The van der Waals surface area contributed by atoms with Gasteiger partial charge in [0, 0.05) is 5.02 Å². The molecular weight excluding hydrogens is 413 g/mol. The van der Waals surface area contributed by atoms with Gasteiger partial charge < -0.3 is 9.84 Å². The van der Waals surface area contributed by atoms with E-state index in [1.807, 2.05) is 0 Å². The van der Waals surface area contributed by atoms with Crippen LogP contribution in [0.15, 0.2) is 41.3 Å². The van der Waals surface area contributed by atoms with E-state index >= 15 is 0 Å². The molecule has 1 heterocycles. The lowest BCUT2D eigenvalue weighted by atomic mass is 10.1. The van der Waals surface area contributed by atoms with E-state index in [0.717, 1.165) is 0 Å². The normalized spacial score (nSPS) is 15.8. The third kappa shape index (κ3) is 3.83. The fourth-order valence-corrected chi connectivity index (χ4v) is 4.10. The van der Waals surface area contributed by atoms with Crippen molar-refractivity contribution in [3.05, 3.63) is 56.9 Å². The van der Waals surface area contributed by atoms with Crippen LogP contribution in [0.1, 0.15) is 12.5 Å². The van der Waals surface area contributed by atoms with Crippen molar-refractivity contribution in [2.75, 3.05) is 11.5 Å². The second kappa shape index (κ2) is 7.88. The fourth-order valence-electron chi connectivity index (χ4n) is 2.40. The number of hydrogen-bond acceptors (Lipinski definition) is 5. The van der Waals surface area contributed by atoms with E-state index in [1.165, 1.54) is 16.7 Å². The third-order valence-electron chi connectivity index (χ3n) is 3.51. The Bertz CT molecular complexity index is 931. The topological polar surface area (TPSA) is 49.8 Å². The first kappa shape index (κ1) is 19.0. The molecule has 0 bridgehead atoms. The summed E-state index contributed by atoms with van der Waals surface area (Å²) in [4.78, 5) is 14.7.